The number of nitrogens with zero attached hydrogens (tertiary/aromatic N) is 1. The summed E-state index contributed by atoms with van der Waals surface area (Å²) in [5.41, 5.74) is 1.02. The van der Waals surface area contributed by atoms with Crippen molar-refractivity contribution in [2.75, 3.05) is 13.1 Å². The molecule has 4 nitrogen and oxygen atoms in total. The topological polar surface area (TPSA) is 41.6 Å². The largest absolute Gasteiger partial charge is 0.445 e. The molecule has 0 bridgehead atoms. The Labute approximate surface area is 121 Å². The summed E-state index contributed by atoms with van der Waals surface area (Å²) in [5, 5.41) is 3.33. The average Bonchev–Trinajstić information content (AvgIpc) is 2.47. The fourth-order valence-electron chi connectivity index (χ4n) is 2.66. The maximum atomic E-state index is 12.3. The third-order valence-corrected chi connectivity index (χ3v) is 3.67. The van der Waals surface area contributed by atoms with E-state index in [1.165, 1.54) is 0 Å². The summed E-state index contributed by atoms with van der Waals surface area (Å²) in [7, 11) is 0. The molecule has 1 aliphatic rings. The highest BCUT2D eigenvalue weighted by molar-refractivity contribution is 5.68. The van der Waals surface area contributed by atoms with Crippen LogP contribution in [-0.4, -0.2) is 36.2 Å². The Morgan fingerprint density at radius 2 is 1.95 bits per heavy atom. The van der Waals surface area contributed by atoms with Gasteiger partial charge in [0.05, 0.1) is 0 Å². The number of piperidine rings is 1. The number of hydrogen-bond acceptors (Lipinski definition) is 3. The van der Waals surface area contributed by atoms with E-state index in [1.807, 2.05) is 49.1 Å². The molecule has 1 saturated heterocycles. The Hall–Kier alpha value is -1.55. The van der Waals surface area contributed by atoms with E-state index in [9.17, 15) is 4.79 Å². The van der Waals surface area contributed by atoms with Crippen LogP contribution in [0.2, 0.25) is 0 Å². The normalized spacial score (nSPS) is 16.1. The summed E-state index contributed by atoms with van der Waals surface area (Å²) in [6.45, 7) is 6.38. The number of ether oxygens (including phenoxy) is 1. The van der Waals surface area contributed by atoms with E-state index in [0.29, 0.717) is 12.6 Å². The number of rotatable bonds is 4. The van der Waals surface area contributed by atoms with Gasteiger partial charge < -0.3 is 15.0 Å². The number of amides is 1. The van der Waals surface area contributed by atoms with Gasteiger partial charge in [-0.25, -0.2) is 4.79 Å². The quantitative estimate of drug-likeness (QED) is 0.919. The minimum absolute atomic E-state index is 0.168. The monoisotopic (exact) mass is 276 g/mol. The number of carbonyl (C=O) groups is 1. The number of benzene rings is 1. The van der Waals surface area contributed by atoms with Gasteiger partial charge in [0.15, 0.2) is 0 Å². The molecule has 0 aliphatic carbocycles. The molecule has 1 amide bonds. The lowest BCUT2D eigenvalue weighted by atomic mass is 10.0. The second-order valence-corrected chi connectivity index (χ2v) is 5.52. The number of carbonyl (C=O) groups excluding carboxylic acids is 1. The smallest absolute Gasteiger partial charge is 0.410 e. The van der Waals surface area contributed by atoms with Crippen LogP contribution in [0.5, 0.6) is 0 Å². The molecule has 0 atom stereocenters. The molecule has 1 aliphatic heterocycles. The van der Waals surface area contributed by atoms with E-state index in [1.54, 1.807) is 0 Å². The highest BCUT2D eigenvalue weighted by Crippen LogP contribution is 2.17. The predicted molar refractivity (Wildman–Crippen MR) is 79.5 cm³/mol. The fraction of sp³-hybridized carbons (Fsp3) is 0.562. The Kier molecular flexibility index (Phi) is 5.41. The zero-order valence-electron chi connectivity index (χ0n) is 12.3. The first-order valence-corrected chi connectivity index (χ1v) is 7.38. The van der Waals surface area contributed by atoms with Crippen molar-refractivity contribution < 1.29 is 9.53 Å². The Balaban J connectivity index is 1.93. The molecule has 1 fully saturated rings. The molecule has 0 aromatic heterocycles. The molecular formula is C16H24N2O2. The van der Waals surface area contributed by atoms with E-state index < -0.39 is 0 Å². The van der Waals surface area contributed by atoms with Gasteiger partial charge in [0.1, 0.15) is 6.61 Å². The zero-order valence-corrected chi connectivity index (χ0v) is 12.3. The summed E-state index contributed by atoms with van der Waals surface area (Å²) in [4.78, 5) is 14.2. The van der Waals surface area contributed by atoms with Crippen LogP contribution in [0, 0.1) is 0 Å². The van der Waals surface area contributed by atoms with Crippen molar-refractivity contribution >= 4 is 6.09 Å². The molecule has 110 valence electrons. The van der Waals surface area contributed by atoms with Crippen LogP contribution in [0.25, 0.3) is 0 Å². The maximum absolute atomic E-state index is 12.3. The molecule has 1 aromatic carbocycles. The molecule has 20 heavy (non-hydrogen) atoms. The maximum Gasteiger partial charge on any atom is 0.410 e. The Bertz CT molecular complexity index is 414. The van der Waals surface area contributed by atoms with Crippen molar-refractivity contribution in [3.8, 4) is 0 Å². The second-order valence-electron chi connectivity index (χ2n) is 5.52. The van der Waals surface area contributed by atoms with E-state index in [4.69, 9.17) is 4.74 Å². The van der Waals surface area contributed by atoms with Crippen LogP contribution >= 0.6 is 0 Å². The molecule has 1 aromatic rings. The lowest BCUT2D eigenvalue weighted by molar-refractivity contribution is 0.0599. The van der Waals surface area contributed by atoms with E-state index in [2.05, 4.69) is 5.32 Å². The minimum Gasteiger partial charge on any atom is -0.445 e. The lowest BCUT2D eigenvalue weighted by Gasteiger charge is -2.36. The van der Waals surface area contributed by atoms with E-state index in [-0.39, 0.29) is 12.1 Å². The van der Waals surface area contributed by atoms with Crippen molar-refractivity contribution in [2.45, 2.75) is 45.4 Å². The van der Waals surface area contributed by atoms with Crippen LogP contribution in [0.15, 0.2) is 30.3 Å². The van der Waals surface area contributed by atoms with Gasteiger partial charge in [0.2, 0.25) is 0 Å². The lowest BCUT2D eigenvalue weighted by Crippen LogP contribution is -2.49. The SMILES string of the molecule is CC(C)N(C(=O)OCc1ccccc1)C1CCNCC1. The van der Waals surface area contributed by atoms with E-state index in [0.717, 1.165) is 31.5 Å². The Morgan fingerprint density at radius 1 is 1.30 bits per heavy atom. The predicted octanol–water partition coefficient (Wildman–Crippen LogP) is 2.79. The molecule has 0 radical (unpaired) electrons. The Morgan fingerprint density at radius 3 is 2.55 bits per heavy atom. The van der Waals surface area contributed by atoms with Crippen molar-refractivity contribution in [2.24, 2.45) is 0 Å². The zero-order chi connectivity index (χ0) is 14.4. The minimum atomic E-state index is -0.198. The van der Waals surface area contributed by atoms with Crippen LogP contribution in [0.1, 0.15) is 32.3 Å². The molecule has 1 heterocycles. The first kappa shape index (κ1) is 14.9. The van der Waals surface area contributed by atoms with Gasteiger partial charge in [-0.3, -0.25) is 0 Å². The molecule has 0 unspecified atom stereocenters. The van der Waals surface area contributed by atoms with Gasteiger partial charge in [-0.05, 0) is 45.3 Å². The van der Waals surface area contributed by atoms with Crippen molar-refractivity contribution in [3.05, 3.63) is 35.9 Å². The molecular weight excluding hydrogens is 252 g/mol. The third-order valence-electron chi connectivity index (χ3n) is 3.67. The standard InChI is InChI=1S/C16H24N2O2/c1-13(2)18(15-8-10-17-11-9-15)16(19)20-12-14-6-4-3-5-7-14/h3-7,13,15,17H,8-12H2,1-2H3. The highest BCUT2D eigenvalue weighted by atomic mass is 16.6. The van der Waals surface area contributed by atoms with Crippen molar-refractivity contribution in [1.82, 2.24) is 10.2 Å². The van der Waals surface area contributed by atoms with Crippen LogP contribution in [-0.2, 0) is 11.3 Å². The summed E-state index contributed by atoms with van der Waals surface area (Å²) in [6, 6.07) is 10.3. The molecule has 1 N–H and O–H groups in total. The van der Waals surface area contributed by atoms with Gasteiger partial charge in [-0.1, -0.05) is 30.3 Å². The van der Waals surface area contributed by atoms with Crippen LogP contribution in [0.3, 0.4) is 0 Å². The molecule has 4 heteroatoms. The average molecular weight is 276 g/mol. The van der Waals surface area contributed by atoms with E-state index >= 15 is 0 Å². The van der Waals surface area contributed by atoms with Crippen molar-refractivity contribution in [3.63, 3.8) is 0 Å². The second kappa shape index (κ2) is 7.29. The number of hydrogen-bond donors (Lipinski definition) is 1. The molecule has 2 rings (SSSR count). The van der Waals surface area contributed by atoms with Gasteiger partial charge >= 0.3 is 6.09 Å². The summed E-state index contributed by atoms with van der Waals surface area (Å²) in [6.07, 6.45) is 1.80. The van der Waals surface area contributed by atoms with Crippen LogP contribution in [0.4, 0.5) is 4.79 Å². The van der Waals surface area contributed by atoms with Gasteiger partial charge in [-0.2, -0.15) is 0 Å². The highest BCUT2D eigenvalue weighted by Gasteiger charge is 2.28. The van der Waals surface area contributed by atoms with Gasteiger partial charge in [0.25, 0.3) is 0 Å². The van der Waals surface area contributed by atoms with Crippen molar-refractivity contribution in [1.29, 1.82) is 0 Å². The summed E-state index contributed by atoms with van der Waals surface area (Å²) >= 11 is 0. The number of nitrogens with one attached hydrogen (secondary N) is 1. The first-order valence-electron chi connectivity index (χ1n) is 7.38. The summed E-state index contributed by atoms with van der Waals surface area (Å²) in [5.74, 6) is 0. The fourth-order valence-corrected chi connectivity index (χ4v) is 2.66. The third kappa shape index (κ3) is 3.97. The first-order chi connectivity index (χ1) is 9.68. The molecule has 0 saturated carbocycles. The van der Waals surface area contributed by atoms with Gasteiger partial charge in [0, 0.05) is 12.1 Å². The van der Waals surface area contributed by atoms with Gasteiger partial charge in [-0.15, -0.1) is 0 Å². The summed E-state index contributed by atoms with van der Waals surface area (Å²) < 4.78 is 5.47. The van der Waals surface area contributed by atoms with Crippen LogP contribution < -0.4 is 5.32 Å². The molecule has 0 spiro atoms.